The smallest absolute Gasteiger partial charge is 0.230 e. The van der Waals surface area contributed by atoms with Crippen LogP contribution in [-0.4, -0.2) is 37.4 Å². The van der Waals surface area contributed by atoms with Gasteiger partial charge in [-0.15, -0.1) is 0 Å². The monoisotopic (exact) mass is 369 g/mol. The molecule has 0 bridgehead atoms. The highest BCUT2D eigenvalue weighted by atomic mass is 16.2. The van der Waals surface area contributed by atoms with E-state index in [4.69, 9.17) is 0 Å². The maximum Gasteiger partial charge on any atom is 0.230 e. The number of nitrogens with one attached hydrogen (secondary N) is 1. The van der Waals surface area contributed by atoms with Gasteiger partial charge in [0.05, 0.1) is 5.92 Å². The number of fused-ring (bicyclic) bond motifs is 1. The molecule has 3 amide bonds. The fourth-order valence-electron chi connectivity index (χ4n) is 3.92. The van der Waals surface area contributed by atoms with Crippen molar-refractivity contribution < 1.29 is 14.4 Å². The normalized spacial score (nSPS) is 21.7. The molecular formula is C21H27N3O3. The summed E-state index contributed by atoms with van der Waals surface area (Å²) in [5.74, 6) is 0.490. The van der Waals surface area contributed by atoms with Gasteiger partial charge in [0.25, 0.3) is 0 Å². The first-order valence-electron chi connectivity index (χ1n) is 9.96. The lowest BCUT2D eigenvalue weighted by Gasteiger charge is -2.20. The van der Waals surface area contributed by atoms with Gasteiger partial charge in [0, 0.05) is 43.3 Å². The van der Waals surface area contributed by atoms with E-state index < -0.39 is 0 Å². The summed E-state index contributed by atoms with van der Waals surface area (Å²) >= 11 is 0. The second-order valence-corrected chi connectivity index (χ2v) is 8.37. The molecule has 1 saturated carbocycles. The Labute approximate surface area is 159 Å². The lowest BCUT2D eigenvalue weighted by molar-refractivity contribution is -0.126. The number of nitrogens with zero attached hydrogens (tertiary/aromatic N) is 2. The topological polar surface area (TPSA) is 69.7 Å². The summed E-state index contributed by atoms with van der Waals surface area (Å²) in [6, 6.07) is 5.88. The molecule has 6 nitrogen and oxygen atoms in total. The van der Waals surface area contributed by atoms with Crippen molar-refractivity contribution in [2.75, 3.05) is 29.4 Å². The minimum absolute atomic E-state index is 0.0106. The molecule has 1 aliphatic carbocycles. The maximum atomic E-state index is 12.5. The van der Waals surface area contributed by atoms with Gasteiger partial charge in [-0.2, -0.15) is 0 Å². The molecular weight excluding hydrogens is 342 g/mol. The fourth-order valence-corrected chi connectivity index (χ4v) is 3.92. The Morgan fingerprint density at radius 1 is 1.22 bits per heavy atom. The average molecular weight is 369 g/mol. The van der Waals surface area contributed by atoms with E-state index in [2.05, 4.69) is 5.32 Å². The van der Waals surface area contributed by atoms with E-state index in [1.807, 2.05) is 36.9 Å². The van der Waals surface area contributed by atoms with Gasteiger partial charge in [-0.25, -0.2) is 0 Å². The predicted octanol–water partition coefficient (Wildman–Crippen LogP) is 2.11. The average Bonchev–Trinajstić information content (AvgIpc) is 3.30. The van der Waals surface area contributed by atoms with E-state index >= 15 is 0 Å². The zero-order valence-electron chi connectivity index (χ0n) is 16.0. The summed E-state index contributed by atoms with van der Waals surface area (Å²) in [5, 5.41) is 2.93. The highest BCUT2D eigenvalue weighted by molar-refractivity contribution is 6.02. The van der Waals surface area contributed by atoms with Crippen LogP contribution in [0, 0.1) is 17.8 Å². The zero-order valence-corrected chi connectivity index (χ0v) is 16.0. The van der Waals surface area contributed by atoms with Crippen molar-refractivity contribution in [2.45, 2.75) is 39.5 Å². The predicted molar refractivity (Wildman–Crippen MR) is 104 cm³/mol. The lowest BCUT2D eigenvalue weighted by atomic mass is 10.1. The van der Waals surface area contributed by atoms with Crippen molar-refractivity contribution in [3.05, 3.63) is 23.8 Å². The Bertz CT molecular complexity index is 785. The molecule has 27 heavy (non-hydrogen) atoms. The van der Waals surface area contributed by atoms with Gasteiger partial charge in [-0.1, -0.05) is 13.8 Å². The highest BCUT2D eigenvalue weighted by Crippen LogP contribution is 2.38. The van der Waals surface area contributed by atoms with Gasteiger partial charge in [-0.3, -0.25) is 14.4 Å². The molecule has 0 spiro atoms. The Morgan fingerprint density at radius 3 is 2.70 bits per heavy atom. The number of rotatable bonds is 5. The fraction of sp³-hybridized carbons (Fsp3) is 0.571. The van der Waals surface area contributed by atoms with Crippen LogP contribution in [0.5, 0.6) is 0 Å². The second-order valence-electron chi connectivity index (χ2n) is 8.37. The molecule has 2 fully saturated rings. The molecule has 2 heterocycles. The van der Waals surface area contributed by atoms with Crippen LogP contribution in [-0.2, 0) is 20.8 Å². The van der Waals surface area contributed by atoms with Gasteiger partial charge >= 0.3 is 0 Å². The first-order valence-corrected chi connectivity index (χ1v) is 9.96. The first-order chi connectivity index (χ1) is 12.9. The molecule has 1 aromatic rings. The molecule has 0 unspecified atom stereocenters. The molecule has 0 radical (unpaired) electrons. The molecule has 1 aromatic carbocycles. The number of carbonyl (C=O) groups excluding carboxylic acids is 3. The minimum Gasteiger partial charge on any atom is -0.356 e. The van der Waals surface area contributed by atoms with Crippen molar-refractivity contribution >= 4 is 29.1 Å². The Balaban J connectivity index is 1.45. The van der Waals surface area contributed by atoms with Crippen molar-refractivity contribution in [2.24, 2.45) is 17.8 Å². The zero-order chi connectivity index (χ0) is 19.1. The third-order valence-corrected chi connectivity index (χ3v) is 5.64. The summed E-state index contributed by atoms with van der Waals surface area (Å²) in [6.07, 6.45) is 3.09. The van der Waals surface area contributed by atoms with Crippen molar-refractivity contribution in [1.29, 1.82) is 0 Å². The van der Waals surface area contributed by atoms with Crippen LogP contribution in [0.1, 0.15) is 38.7 Å². The van der Waals surface area contributed by atoms with Crippen molar-refractivity contribution in [1.82, 2.24) is 5.32 Å². The number of hydrogen-bond acceptors (Lipinski definition) is 3. The number of hydrogen-bond donors (Lipinski definition) is 1. The van der Waals surface area contributed by atoms with Gasteiger partial charge in [0.1, 0.15) is 0 Å². The summed E-state index contributed by atoms with van der Waals surface area (Å²) in [5.41, 5.74) is 2.93. The Hall–Kier alpha value is -2.37. The van der Waals surface area contributed by atoms with Gasteiger partial charge < -0.3 is 15.1 Å². The summed E-state index contributed by atoms with van der Waals surface area (Å²) in [4.78, 5) is 40.8. The molecule has 144 valence electrons. The van der Waals surface area contributed by atoms with Crippen LogP contribution >= 0.6 is 0 Å². The quantitative estimate of drug-likeness (QED) is 0.864. The van der Waals surface area contributed by atoms with E-state index in [-0.39, 0.29) is 36.0 Å². The number of amides is 3. The minimum atomic E-state index is -0.294. The maximum absolute atomic E-state index is 12.5. The second kappa shape index (κ2) is 6.98. The molecule has 1 saturated heterocycles. The van der Waals surface area contributed by atoms with E-state index in [1.165, 1.54) is 0 Å². The number of carbonyl (C=O) groups is 3. The highest BCUT2D eigenvalue weighted by Gasteiger charge is 2.38. The van der Waals surface area contributed by atoms with E-state index in [1.54, 1.807) is 4.90 Å². The molecule has 1 atom stereocenters. The van der Waals surface area contributed by atoms with Crippen molar-refractivity contribution in [3.63, 3.8) is 0 Å². The SMILES string of the molecule is CC(C)CNC(=O)[C@H]1CC(=O)N(c2ccc3c(c2)CCN3C(=O)C2CC2)C1. The third-order valence-electron chi connectivity index (χ3n) is 5.64. The van der Waals surface area contributed by atoms with Gasteiger partial charge in [0.2, 0.25) is 17.7 Å². The largest absolute Gasteiger partial charge is 0.356 e. The number of benzene rings is 1. The first kappa shape index (κ1) is 18.0. The Kier molecular flexibility index (Phi) is 4.66. The van der Waals surface area contributed by atoms with Crippen LogP contribution in [0.3, 0.4) is 0 Å². The van der Waals surface area contributed by atoms with Crippen molar-refractivity contribution in [3.8, 4) is 0 Å². The standard InChI is InChI=1S/C21H27N3O3/c1-13(2)11-22-20(26)16-10-19(25)24(12-16)17-5-6-18-15(9-17)7-8-23(18)21(27)14-3-4-14/h5-6,9,13-14,16H,3-4,7-8,10-12H2,1-2H3,(H,22,26)/t16-/m0/s1. The van der Waals surface area contributed by atoms with E-state index in [9.17, 15) is 14.4 Å². The van der Waals surface area contributed by atoms with Crippen LogP contribution in [0.2, 0.25) is 0 Å². The molecule has 0 aromatic heterocycles. The van der Waals surface area contributed by atoms with E-state index in [0.717, 1.165) is 42.7 Å². The Morgan fingerprint density at radius 2 is 2.00 bits per heavy atom. The van der Waals surface area contributed by atoms with Crippen LogP contribution in [0.25, 0.3) is 0 Å². The van der Waals surface area contributed by atoms with Crippen LogP contribution in [0.15, 0.2) is 18.2 Å². The molecule has 2 aliphatic heterocycles. The third kappa shape index (κ3) is 3.57. The summed E-state index contributed by atoms with van der Waals surface area (Å²) < 4.78 is 0. The van der Waals surface area contributed by atoms with Crippen LogP contribution in [0.4, 0.5) is 11.4 Å². The molecule has 6 heteroatoms. The van der Waals surface area contributed by atoms with Gasteiger partial charge in [0.15, 0.2) is 0 Å². The summed E-state index contributed by atoms with van der Waals surface area (Å²) in [7, 11) is 0. The lowest BCUT2D eigenvalue weighted by Crippen LogP contribution is -2.35. The van der Waals surface area contributed by atoms with Crippen LogP contribution < -0.4 is 15.1 Å². The molecule has 3 aliphatic rings. The van der Waals surface area contributed by atoms with Gasteiger partial charge in [-0.05, 0) is 48.9 Å². The molecule has 1 N–H and O–H groups in total. The van der Waals surface area contributed by atoms with E-state index in [0.29, 0.717) is 19.0 Å². The molecule has 4 rings (SSSR count). The summed E-state index contributed by atoms with van der Waals surface area (Å²) in [6.45, 7) is 5.88. The number of anilines is 2.